The van der Waals surface area contributed by atoms with Crippen molar-refractivity contribution in [2.24, 2.45) is 12.8 Å². The topological polar surface area (TPSA) is 107 Å². The molecule has 2 heterocycles. The van der Waals surface area contributed by atoms with Gasteiger partial charge in [0.05, 0.1) is 22.3 Å². The molecule has 23 heavy (non-hydrogen) atoms. The van der Waals surface area contributed by atoms with Gasteiger partial charge < -0.3 is 10.3 Å². The maximum atomic E-state index is 12.3. The lowest BCUT2D eigenvalue weighted by Gasteiger charge is -2.08. The van der Waals surface area contributed by atoms with E-state index < -0.39 is 15.9 Å². The molecule has 0 aliphatic rings. The number of primary amides is 1. The van der Waals surface area contributed by atoms with E-state index in [9.17, 15) is 13.2 Å². The average molecular weight is 330 g/mol. The Labute approximate surface area is 132 Å². The number of sulfonamides is 1. The number of nitrogens with two attached hydrogens (primary N) is 1. The minimum absolute atomic E-state index is 0.142. The van der Waals surface area contributed by atoms with Crippen molar-refractivity contribution in [3.05, 3.63) is 54.4 Å². The fourth-order valence-electron chi connectivity index (χ4n) is 2.33. The number of nitrogens with one attached hydrogen (secondary N) is 1. The Kier molecular flexibility index (Phi) is 3.53. The summed E-state index contributed by atoms with van der Waals surface area (Å²) in [5, 5.41) is 0.494. The van der Waals surface area contributed by atoms with E-state index in [1.165, 1.54) is 18.3 Å². The van der Waals surface area contributed by atoms with Gasteiger partial charge in [-0.2, -0.15) is 0 Å². The summed E-state index contributed by atoms with van der Waals surface area (Å²) in [6.07, 6.45) is 2.96. The summed E-state index contributed by atoms with van der Waals surface area (Å²) in [5.74, 6) is -0.597. The van der Waals surface area contributed by atoms with E-state index in [-0.39, 0.29) is 16.1 Å². The lowest BCUT2D eigenvalue weighted by Crippen LogP contribution is -2.13. The number of hydrogen-bond acceptors (Lipinski definition) is 4. The van der Waals surface area contributed by atoms with Gasteiger partial charge in [0.1, 0.15) is 5.65 Å². The highest BCUT2D eigenvalue weighted by Crippen LogP contribution is 2.23. The number of pyridine rings is 1. The summed E-state index contributed by atoms with van der Waals surface area (Å²) in [4.78, 5) is 15.8. The smallest absolute Gasteiger partial charge is 0.261 e. The molecule has 0 aliphatic carbocycles. The van der Waals surface area contributed by atoms with E-state index in [1.54, 1.807) is 42.1 Å². The molecule has 2 aromatic heterocycles. The van der Waals surface area contributed by atoms with E-state index >= 15 is 0 Å². The summed E-state index contributed by atoms with van der Waals surface area (Å²) >= 11 is 0. The first-order valence-electron chi connectivity index (χ1n) is 6.71. The zero-order chi connectivity index (χ0) is 16.6. The van der Waals surface area contributed by atoms with Crippen molar-refractivity contribution < 1.29 is 13.2 Å². The number of rotatable bonds is 4. The molecule has 3 aromatic rings. The first kappa shape index (κ1) is 15.0. The highest BCUT2D eigenvalue weighted by molar-refractivity contribution is 7.92. The normalized spacial score (nSPS) is 11.5. The number of nitrogens with zero attached hydrogens (tertiary/aromatic N) is 2. The van der Waals surface area contributed by atoms with E-state index in [0.717, 1.165) is 0 Å². The van der Waals surface area contributed by atoms with Crippen LogP contribution in [0.25, 0.3) is 11.0 Å². The Balaban J connectivity index is 2.05. The Morgan fingerprint density at radius 1 is 1.26 bits per heavy atom. The molecular weight excluding hydrogens is 316 g/mol. The van der Waals surface area contributed by atoms with Crippen molar-refractivity contribution in [2.45, 2.75) is 4.90 Å². The van der Waals surface area contributed by atoms with Gasteiger partial charge in [0.25, 0.3) is 15.9 Å². The van der Waals surface area contributed by atoms with E-state index in [1.807, 2.05) is 0 Å². The van der Waals surface area contributed by atoms with Gasteiger partial charge in [0.15, 0.2) is 0 Å². The predicted molar refractivity (Wildman–Crippen MR) is 86.5 cm³/mol. The number of benzene rings is 1. The summed E-state index contributed by atoms with van der Waals surface area (Å²) in [5.41, 5.74) is 6.43. The first-order chi connectivity index (χ1) is 10.9. The third-order valence-corrected chi connectivity index (χ3v) is 4.78. The average Bonchev–Trinajstić information content (AvgIpc) is 2.85. The van der Waals surface area contributed by atoms with Gasteiger partial charge >= 0.3 is 0 Å². The highest BCUT2D eigenvalue weighted by Gasteiger charge is 2.17. The van der Waals surface area contributed by atoms with Crippen molar-refractivity contribution in [1.82, 2.24) is 9.55 Å². The number of hydrogen-bond donors (Lipinski definition) is 2. The van der Waals surface area contributed by atoms with Crippen LogP contribution < -0.4 is 10.5 Å². The summed E-state index contributed by atoms with van der Waals surface area (Å²) in [6.45, 7) is 0. The molecule has 0 radical (unpaired) electrons. The fraction of sp³-hybridized carbons (Fsp3) is 0.0667. The van der Waals surface area contributed by atoms with Crippen LogP contribution in [0.5, 0.6) is 0 Å². The van der Waals surface area contributed by atoms with Crippen molar-refractivity contribution in [1.29, 1.82) is 0 Å². The fourth-order valence-corrected chi connectivity index (χ4v) is 3.38. The first-order valence-corrected chi connectivity index (χ1v) is 8.19. The number of carbonyl (C=O) groups excluding carboxylic acids is 1. The van der Waals surface area contributed by atoms with Gasteiger partial charge in [-0.05, 0) is 18.2 Å². The molecule has 0 fully saturated rings. The van der Waals surface area contributed by atoms with Gasteiger partial charge in [-0.3, -0.25) is 9.52 Å². The van der Waals surface area contributed by atoms with Crippen molar-refractivity contribution in [3.63, 3.8) is 0 Å². The van der Waals surface area contributed by atoms with E-state index in [0.29, 0.717) is 11.0 Å². The molecular formula is C15H14N4O3S. The third-order valence-electron chi connectivity index (χ3n) is 3.38. The standard InChI is InChI=1S/C15H14N4O3S/c1-19-9-13(14(16)20)12-7-10(8-17-15(12)19)18-23(21,22)11-5-3-2-4-6-11/h2-9,18H,1H3,(H2,16,20). The Morgan fingerprint density at radius 3 is 2.61 bits per heavy atom. The molecule has 3 N–H and O–H groups in total. The summed E-state index contributed by atoms with van der Waals surface area (Å²) < 4.78 is 28.8. The van der Waals surface area contributed by atoms with Crippen molar-refractivity contribution in [3.8, 4) is 0 Å². The van der Waals surface area contributed by atoms with E-state index in [4.69, 9.17) is 5.73 Å². The zero-order valence-electron chi connectivity index (χ0n) is 12.2. The third kappa shape index (κ3) is 2.76. The minimum Gasteiger partial charge on any atom is -0.366 e. The highest BCUT2D eigenvalue weighted by atomic mass is 32.2. The van der Waals surface area contributed by atoms with Crippen molar-refractivity contribution in [2.75, 3.05) is 4.72 Å². The second-order valence-electron chi connectivity index (χ2n) is 5.03. The van der Waals surface area contributed by atoms with Crippen LogP contribution in [0.3, 0.4) is 0 Å². The Morgan fingerprint density at radius 2 is 1.96 bits per heavy atom. The lowest BCUT2D eigenvalue weighted by atomic mass is 10.2. The van der Waals surface area contributed by atoms with Crippen molar-refractivity contribution >= 4 is 32.7 Å². The number of amides is 1. The number of fused-ring (bicyclic) bond motifs is 1. The van der Waals surface area contributed by atoms with Gasteiger partial charge in [-0.25, -0.2) is 13.4 Å². The maximum Gasteiger partial charge on any atom is 0.261 e. The van der Waals surface area contributed by atoms with Gasteiger partial charge in [0, 0.05) is 18.6 Å². The van der Waals surface area contributed by atoms with Crippen LogP contribution in [0.15, 0.2) is 53.7 Å². The monoisotopic (exact) mass is 330 g/mol. The molecule has 0 saturated heterocycles. The molecule has 0 bridgehead atoms. The molecule has 8 heteroatoms. The second kappa shape index (κ2) is 5.40. The molecule has 1 aromatic carbocycles. The number of aromatic nitrogens is 2. The molecule has 0 saturated carbocycles. The molecule has 118 valence electrons. The second-order valence-corrected chi connectivity index (χ2v) is 6.71. The molecule has 1 amide bonds. The quantitative estimate of drug-likeness (QED) is 0.755. The SMILES string of the molecule is Cn1cc(C(N)=O)c2cc(NS(=O)(=O)c3ccccc3)cnc21. The van der Waals surface area contributed by atoms with Crippen LogP contribution in [-0.4, -0.2) is 23.9 Å². The Bertz CT molecular complexity index is 994. The largest absolute Gasteiger partial charge is 0.366 e. The van der Waals surface area contributed by atoms with E-state index in [2.05, 4.69) is 9.71 Å². The minimum atomic E-state index is -3.72. The molecule has 0 aliphatic heterocycles. The number of aryl methyl sites for hydroxylation is 1. The maximum absolute atomic E-state index is 12.3. The van der Waals surface area contributed by atoms with Crippen LogP contribution in [0.4, 0.5) is 5.69 Å². The molecule has 0 unspecified atom stereocenters. The summed E-state index contributed by atoms with van der Waals surface area (Å²) in [6, 6.07) is 9.53. The van der Waals surface area contributed by atoms with Crippen LogP contribution in [0.1, 0.15) is 10.4 Å². The van der Waals surface area contributed by atoms with Gasteiger partial charge in [-0.15, -0.1) is 0 Å². The molecule has 0 spiro atoms. The zero-order valence-corrected chi connectivity index (χ0v) is 13.0. The van der Waals surface area contributed by atoms with Crippen LogP contribution >= 0.6 is 0 Å². The Hall–Kier alpha value is -2.87. The lowest BCUT2D eigenvalue weighted by molar-refractivity contribution is 0.100. The molecule has 7 nitrogen and oxygen atoms in total. The summed E-state index contributed by atoms with van der Waals surface area (Å²) in [7, 11) is -1.99. The predicted octanol–water partition coefficient (Wildman–Crippen LogP) is 1.47. The molecule has 0 atom stereocenters. The molecule has 3 rings (SSSR count). The van der Waals surface area contributed by atoms with Gasteiger partial charge in [0.2, 0.25) is 0 Å². The van der Waals surface area contributed by atoms with Crippen LogP contribution in [0, 0.1) is 0 Å². The number of carbonyl (C=O) groups is 1. The van der Waals surface area contributed by atoms with Crippen LogP contribution in [0.2, 0.25) is 0 Å². The van der Waals surface area contributed by atoms with Gasteiger partial charge in [-0.1, -0.05) is 18.2 Å². The van der Waals surface area contributed by atoms with Crippen LogP contribution in [-0.2, 0) is 17.1 Å². The number of anilines is 1.